The number of aliphatic hydroxyl groups is 1. The molecule has 3 rings (SSSR count). The molecule has 3 N–H and O–H groups in total. The Morgan fingerprint density at radius 1 is 1.43 bits per heavy atom. The Hall–Kier alpha value is -1.32. The fourth-order valence-electron chi connectivity index (χ4n) is 3.57. The second-order valence-electron chi connectivity index (χ2n) is 6.35. The predicted molar refractivity (Wildman–Crippen MR) is 87.8 cm³/mol. The van der Waals surface area contributed by atoms with Crippen molar-refractivity contribution in [2.24, 2.45) is 0 Å². The van der Waals surface area contributed by atoms with Crippen LogP contribution in [0.5, 0.6) is 0 Å². The quantitative estimate of drug-likeness (QED) is 0.791. The zero-order valence-corrected chi connectivity index (χ0v) is 13.1. The SMILES string of the molecule is CCC(CCO)NC1CCc2[nH]c3ccc(C)cc3c2C1. The summed E-state index contributed by atoms with van der Waals surface area (Å²) in [7, 11) is 0. The van der Waals surface area contributed by atoms with E-state index in [1.165, 1.54) is 34.1 Å². The third kappa shape index (κ3) is 2.99. The molecule has 114 valence electrons. The van der Waals surface area contributed by atoms with Gasteiger partial charge in [-0.25, -0.2) is 0 Å². The van der Waals surface area contributed by atoms with Crippen LogP contribution in [0.25, 0.3) is 10.9 Å². The van der Waals surface area contributed by atoms with E-state index >= 15 is 0 Å². The minimum Gasteiger partial charge on any atom is -0.396 e. The van der Waals surface area contributed by atoms with Gasteiger partial charge in [0.15, 0.2) is 0 Å². The summed E-state index contributed by atoms with van der Waals surface area (Å²) in [6, 6.07) is 7.65. The number of nitrogens with one attached hydrogen (secondary N) is 2. The van der Waals surface area contributed by atoms with E-state index in [9.17, 15) is 0 Å². The fourth-order valence-corrected chi connectivity index (χ4v) is 3.57. The lowest BCUT2D eigenvalue weighted by Crippen LogP contribution is -2.41. The van der Waals surface area contributed by atoms with E-state index in [2.05, 4.69) is 42.3 Å². The van der Waals surface area contributed by atoms with Crippen LogP contribution in [0.2, 0.25) is 0 Å². The number of hydrogen-bond acceptors (Lipinski definition) is 2. The monoisotopic (exact) mass is 286 g/mol. The zero-order chi connectivity index (χ0) is 14.8. The Morgan fingerprint density at radius 2 is 2.29 bits per heavy atom. The topological polar surface area (TPSA) is 48.0 Å². The fraction of sp³-hybridized carbons (Fsp3) is 0.556. The van der Waals surface area contributed by atoms with Gasteiger partial charge < -0.3 is 15.4 Å². The molecule has 3 nitrogen and oxygen atoms in total. The van der Waals surface area contributed by atoms with Crippen LogP contribution in [0.3, 0.4) is 0 Å². The molecule has 0 saturated heterocycles. The van der Waals surface area contributed by atoms with Gasteiger partial charge in [0.25, 0.3) is 0 Å². The van der Waals surface area contributed by atoms with Crippen molar-refractivity contribution in [3.8, 4) is 0 Å². The molecule has 2 atom stereocenters. The van der Waals surface area contributed by atoms with Crippen molar-refractivity contribution in [3.05, 3.63) is 35.0 Å². The van der Waals surface area contributed by atoms with Gasteiger partial charge in [0, 0.05) is 35.3 Å². The van der Waals surface area contributed by atoms with Crippen molar-refractivity contribution in [2.45, 2.75) is 58.0 Å². The first-order valence-electron chi connectivity index (χ1n) is 8.18. The number of aliphatic hydroxyl groups excluding tert-OH is 1. The minimum absolute atomic E-state index is 0.274. The molecule has 1 aromatic carbocycles. The van der Waals surface area contributed by atoms with Crippen LogP contribution in [0.4, 0.5) is 0 Å². The largest absolute Gasteiger partial charge is 0.396 e. The molecular formula is C18H26N2O. The van der Waals surface area contributed by atoms with E-state index in [1.54, 1.807) is 0 Å². The molecule has 2 unspecified atom stereocenters. The summed E-state index contributed by atoms with van der Waals surface area (Å²) in [6.45, 7) is 4.62. The lowest BCUT2D eigenvalue weighted by Gasteiger charge is -2.28. The first-order chi connectivity index (χ1) is 10.2. The highest BCUT2D eigenvalue weighted by Crippen LogP contribution is 2.30. The maximum absolute atomic E-state index is 9.15. The van der Waals surface area contributed by atoms with Gasteiger partial charge in [-0.3, -0.25) is 0 Å². The average molecular weight is 286 g/mol. The van der Waals surface area contributed by atoms with Crippen LogP contribution in [0.1, 0.15) is 43.0 Å². The van der Waals surface area contributed by atoms with E-state index in [0.717, 1.165) is 25.7 Å². The van der Waals surface area contributed by atoms with E-state index in [-0.39, 0.29) is 6.61 Å². The summed E-state index contributed by atoms with van der Waals surface area (Å²) < 4.78 is 0. The smallest absolute Gasteiger partial charge is 0.0459 e. The van der Waals surface area contributed by atoms with Crippen LogP contribution < -0.4 is 5.32 Å². The molecule has 21 heavy (non-hydrogen) atoms. The van der Waals surface area contributed by atoms with Crippen LogP contribution in [0, 0.1) is 6.92 Å². The standard InChI is InChI=1S/C18H26N2O/c1-3-13(8-9-21)19-14-5-7-18-16(11-14)15-10-12(2)4-6-17(15)20-18/h4,6,10,13-14,19-21H,3,5,7-9,11H2,1-2H3. The first-order valence-corrected chi connectivity index (χ1v) is 8.18. The Morgan fingerprint density at radius 3 is 3.05 bits per heavy atom. The van der Waals surface area contributed by atoms with Crippen LogP contribution >= 0.6 is 0 Å². The second-order valence-corrected chi connectivity index (χ2v) is 6.35. The maximum Gasteiger partial charge on any atom is 0.0459 e. The summed E-state index contributed by atoms with van der Waals surface area (Å²) in [5.41, 5.74) is 5.51. The number of H-pyrrole nitrogens is 1. The van der Waals surface area contributed by atoms with E-state index < -0.39 is 0 Å². The van der Waals surface area contributed by atoms with E-state index in [1.807, 2.05) is 0 Å². The second kappa shape index (κ2) is 6.20. The molecule has 1 aromatic heterocycles. The van der Waals surface area contributed by atoms with Crippen LogP contribution in [-0.4, -0.2) is 28.8 Å². The normalized spacial score (nSPS) is 19.7. The minimum atomic E-state index is 0.274. The number of hydrogen-bond donors (Lipinski definition) is 3. The Bertz CT molecular complexity index is 617. The van der Waals surface area contributed by atoms with Crippen molar-refractivity contribution in [2.75, 3.05) is 6.61 Å². The molecule has 1 aliphatic rings. The third-order valence-corrected chi connectivity index (χ3v) is 4.79. The number of aryl methyl sites for hydroxylation is 2. The van der Waals surface area contributed by atoms with Gasteiger partial charge >= 0.3 is 0 Å². The molecule has 2 aromatic rings. The molecule has 0 bridgehead atoms. The van der Waals surface area contributed by atoms with E-state index in [0.29, 0.717) is 12.1 Å². The maximum atomic E-state index is 9.15. The van der Waals surface area contributed by atoms with Gasteiger partial charge in [-0.05, 0) is 56.7 Å². The highest BCUT2D eigenvalue weighted by atomic mass is 16.3. The Labute approximate surface area is 126 Å². The van der Waals surface area contributed by atoms with Gasteiger partial charge in [-0.2, -0.15) is 0 Å². The van der Waals surface area contributed by atoms with Gasteiger partial charge in [0.2, 0.25) is 0 Å². The summed E-state index contributed by atoms with van der Waals surface area (Å²) in [6.07, 6.45) is 5.33. The molecular weight excluding hydrogens is 260 g/mol. The lowest BCUT2D eigenvalue weighted by atomic mass is 9.90. The first kappa shape index (κ1) is 14.6. The molecule has 0 saturated carbocycles. The highest BCUT2D eigenvalue weighted by molar-refractivity contribution is 5.85. The van der Waals surface area contributed by atoms with Crippen molar-refractivity contribution >= 4 is 10.9 Å². The van der Waals surface area contributed by atoms with Crippen molar-refractivity contribution < 1.29 is 5.11 Å². The predicted octanol–water partition coefficient (Wildman–Crippen LogP) is 3.08. The van der Waals surface area contributed by atoms with Crippen molar-refractivity contribution in [1.29, 1.82) is 0 Å². The highest BCUT2D eigenvalue weighted by Gasteiger charge is 2.23. The Balaban J connectivity index is 1.81. The number of fused-ring (bicyclic) bond motifs is 3. The molecule has 0 spiro atoms. The zero-order valence-electron chi connectivity index (χ0n) is 13.1. The molecule has 0 fully saturated rings. The van der Waals surface area contributed by atoms with Gasteiger partial charge in [-0.1, -0.05) is 18.6 Å². The molecule has 0 aliphatic heterocycles. The molecule has 1 aliphatic carbocycles. The van der Waals surface area contributed by atoms with Crippen LogP contribution in [0.15, 0.2) is 18.2 Å². The summed E-state index contributed by atoms with van der Waals surface area (Å²) in [5.74, 6) is 0. The lowest BCUT2D eigenvalue weighted by molar-refractivity contribution is 0.252. The summed E-state index contributed by atoms with van der Waals surface area (Å²) in [5, 5.41) is 14.3. The molecule has 0 amide bonds. The molecule has 0 radical (unpaired) electrons. The molecule has 1 heterocycles. The van der Waals surface area contributed by atoms with E-state index in [4.69, 9.17) is 5.11 Å². The van der Waals surface area contributed by atoms with Crippen LogP contribution in [-0.2, 0) is 12.8 Å². The van der Waals surface area contributed by atoms with Gasteiger partial charge in [-0.15, -0.1) is 0 Å². The van der Waals surface area contributed by atoms with Gasteiger partial charge in [0.1, 0.15) is 0 Å². The van der Waals surface area contributed by atoms with Crippen molar-refractivity contribution in [3.63, 3.8) is 0 Å². The summed E-state index contributed by atoms with van der Waals surface area (Å²) in [4.78, 5) is 3.59. The molecule has 3 heteroatoms. The number of aromatic amines is 1. The van der Waals surface area contributed by atoms with Gasteiger partial charge in [0.05, 0.1) is 0 Å². The van der Waals surface area contributed by atoms with Crippen molar-refractivity contribution in [1.82, 2.24) is 10.3 Å². The number of benzene rings is 1. The number of aromatic nitrogens is 1. The summed E-state index contributed by atoms with van der Waals surface area (Å²) >= 11 is 0. The third-order valence-electron chi connectivity index (χ3n) is 4.79. The Kier molecular flexibility index (Phi) is 4.32. The number of rotatable bonds is 5. The average Bonchev–Trinajstić information content (AvgIpc) is 2.84.